The zero-order valence-corrected chi connectivity index (χ0v) is 7.83. The van der Waals surface area contributed by atoms with Gasteiger partial charge in [-0.05, 0) is 27.2 Å². The molecule has 0 atom stereocenters. The lowest BCUT2D eigenvalue weighted by Gasteiger charge is -2.21. The van der Waals surface area contributed by atoms with Crippen molar-refractivity contribution in [2.75, 3.05) is 6.54 Å². The molecule has 3 heteroatoms. The largest absolute Gasteiger partial charge is 0.341 e. The Morgan fingerprint density at radius 1 is 1.50 bits per heavy atom. The third-order valence-electron chi connectivity index (χ3n) is 1.60. The second-order valence-corrected chi connectivity index (χ2v) is 3.94. The predicted octanol–water partition coefficient (Wildman–Crippen LogP) is 1.71. The Balaban J connectivity index is 2.41. The molecule has 12 heavy (non-hydrogen) atoms. The van der Waals surface area contributed by atoms with Gasteiger partial charge < -0.3 is 4.84 Å². The van der Waals surface area contributed by atoms with E-state index in [9.17, 15) is 4.79 Å². The van der Waals surface area contributed by atoms with Crippen molar-refractivity contribution >= 4 is 5.97 Å². The lowest BCUT2D eigenvalue weighted by atomic mass is 9.98. The van der Waals surface area contributed by atoms with Crippen molar-refractivity contribution in [1.29, 1.82) is 0 Å². The average Bonchev–Trinajstić information content (AvgIpc) is 2.37. The van der Waals surface area contributed by atoms with E-state index in [0.29, 0.717) is 0 Å². The number of carbonyl (C=O) groups is 1. The van der Waals surface area contributed by atoms with Crippen LogP contribution in [-0.4, -0.2) is 17.6 Å². The molecule has 0 aromatic rings. The number of rotatable bonds is 1. The maximum atomic E-state index is 11.3. The summed E-state index contributed by atoms with van der Waals surface area (Å²) in [5, 5.41) is 1.58. The number of nitrogens with zero attached hydrogens (tertiary/aromatic N) is 1. The third-order valence-corrected chi connectivity index (χ3v) is 1.60. The van der Waals surface area contributed by atoms with Crippen LogP contribution in [0.5, 0.6) is 0 Å². The lowest BCUT2D eigenvalue weighted by molar-refractivity contribution is -0.186. The normalized spacial score (nSPS) is 16.8. The molecule has 1 rings (SSSR count). The van der Waals surface area contributed by atoms with E-state index in [2.05, 4.69) is 0 Å². The van der Waals surface area contributed by atoms with Crippen LogP contribution in [0.1, 0.15) is 27.2 Å². The first-order valence-corrected chi connectivity index (χ1v) is 4.16. The Hall–Kier alpha value is -0.990. The summed E-state index contributed by atoms with van der Waals surface area (Å²) in [6, 6.07) is 0. The Morgan fingerprint density at radius 3 is 2.58 bits per heavy atom. The number of hydrogen-bond donors (Lipinski definition) is 0. The van der Waals surface area contributed by atoms with Crippen molar-refractivity contribution < 1.29 is 9.63 Å². The molecule has 0 saturated carbocycles. The second kappa shape index (κ2) is 3.17. The SMILES string of the molecule is CC(C)(C)C(=O)ON1C=CCC1. The van der Waals surface area contributed by atoms with Gasteiger partial charge >= 0.3 is 5.97 Å². The first kappa shape index (κ1) is 9.10. The van der Waals surface area contributed by atoms with Gasteiger partial charge in [0.2, 0.25) is 0 Å². The van der Waals surface area contributed by atoms with E-state index in [4.69, 9.17) is 4.84 Å². The number of hydrogen-bond acceptors (Lipinski definition) is 3. The average molecular weight is 169 g/mol. The van der Waals surface area contributed by atoms with Crippen LogP contribution < -0.4 is 0 Å². The van der Waals surface area contributed by atoms with Gasteiger partial charge in [0.15, 0.2) is 0 Å². The molecule has 68 valence electrons. The van der Waals surface area contributed by atoms with E-state index in [0.717, 1.165) is 13.0 Å². The molecule has 0 saturated heterocycles. The van der Waals surface area contributed by atoms with Crippen molar-refractivity contribution in [1.82, 2.24) is 5.06 Å². The molecule has 0 N–H and O–H groups in total. The number of carbonyl (C=O) groups excluding carboxylic acids is 1. The highest BCUT2D eigenvalue weighted by atomic mass is 16.7. The zero-order valence-electron chi connectivity index (χ0n) is 7.83. The van der Waals surface area contributed by atoms with Crippen LogP contribution in [0.4, 0.5) is 0 Å². The molecule has 1 heterocycles. The molecule has 0 aliphatic carbocycles. The van der Waals surface area contributed by atoms with Gasteiger partial charge in [0.1, 0.15) is 0 Å². The zero-order chi connectivity index (χ0) is 9.19. The fourth-order valence-electron chi connectivity index (χ4n) is 0.788. The van der Waals surface area contributed by atoms with Crippen LogP contribution in [-0.2, 0) is 9.63 Å². The van der Waals surface area contributed by atoms with Gasteiger partial charge in [-0.25, -0.2) is 9.86 Å². The Bertz CT molecular complexity index is 203. The van der Waals surface area contributed by atoms with Crippen LogP contribution in [0, 0.1) is 5.41 Å². The van der Waals surface area contributed by atoms with E-state index in [-0.39, 0.29) is 5.97 Å². The van der Waals surface area contributed by atoms with Gasteiger partial charge in [-0.2, -0.15) is 0 Å². The van der Waals surface area contributed by atoms with E-state index < -0.39 is 5.41 Å². The van der Waals surface area contributed by atoms with Crippen molar-refractivity contribution in [3.8, 4) is 0 Å². The summed E-state index contributed by atoms with van der Waals surface area (Å²) in [4.78, 5) is 16.4. The Labute approximate surface area is 73.0 Å². The van der Waals surface area contributed by atoms with E-state index in [1.807, 2.05) is 26.8 Å². The first-order valence-electron chi connectivity index (χ1n) is 4.16. The van der Waals surface area contributed by atoms with Crippen LogP contribution in [0.25, 0.3) is 0 Å². The van der Waals surface area contributed by atoms with Crippen LogP contribution in [0.2, 0.25) is 0 Å². The first-order chi connectivity index (χ1) is 5.50. The monoisotopic (exact) mass is 169 g/mol. The van der Waals surface area contributed by atoms with Crippen LogP contribution >= 0.6 is 0 Å². The molecule has 0 spiro atoms. The summed E-state index contributed by atoms with van der Waals surface area (Å²) in [6.07, 6.45) is 4.73. The maximum Gasteiger partial charge on any atom is 0.337 e. The Kier molecular flexibility index (Phi) is 2.40. The van der Waals surface area contributed by atoms with Crippen LogP contribution in [0.15, 0.2) is 12.3 Å². The molecule has 3 nitrogen and oxygen atoms in total. The highest BCUT2D eigenvalue weighted by molar-refractivity contribution is 5.75. The van der Waals surface area contributed by atoms with Gasteiger partial charge in [0.25, 0.3) is 0 Å². The molecule has 0 amide bonds. The van der Waals surface area contributed by atoms with Gasteiger partial charge in [0.05, 0.1) is 12.0 Å². The molecular weight excluding hydrogens is 154 g/mol. The van der Waals surface area contributed by atoms with E-state index in [1.54, 1.807) is 11.3 Å². The minimum Gasteiger partial charge on any atom is -0.341 e. The van der Waals surface area contributed by atoms with Crippen molar-refractivity contribution in [3.63, 3.8) is 0 Å². The Morgan fingerprint density at radius 2 is 2.17 bits per heavy atom. The molecule has 0 bridgehead atoms. The summed E-state index contributed by atoms with van der Waals surface area (Å²) in [5.74, 6) is -0.186. The minimum absolute atomic E-state index is 0.186. The van der Waals surface area contributed by atoms with Gasteiger partial charge in [-0.1, -0.05) is 6.08 Å². The minimum atomic E-state index is -0.420. The summed E-state index contributed by atoms with van der Waals surface area (Å²) in [7, 11) is 0. The second-order valence-electron chi connectivity index (χ2n) is 3.94. The predicted molar refractivity (Wildman–Crippen MR) is 46.0 cm³/mol. The standard InChI is InChI=1S/C9H15NO2/c1-9(2,3)8(11)12-10-6-4-5-7-10/h4,6H,5,7H2,1-3H3. The highest BCUT2D eigenvalue weighted by Gasteiger charge is 2.25. The summed E-state index contributed by atoms with van der Waals surface area (Å²) in [6.45, 7) is 6.31. The van der Waals surface area contributed by atoms with Gasteiger partial charge in [-0.15, -0.1) is 0 Å². The molecule has 0 aromatic heterocycles. The highest BCUT2D eigenvalue weighted by Crippen LogP contribution is 2.17. The van der Waals surface area contributed by atoms with Gasteiger partial charge in [-0.3, -0.25) is 0 Å². The third kappa shape index (κ3) is 2.26. The number of hydroxylamine groups is 2. The molecular formula is C9H15NO2. The van der Waals surface area contributed by atoms with Crippen LogP contribution in [0.3, 0.4) is 0 Å². The van der Waals surface area contributed by atoms with Gasteiger partial charge in [0, 0.05) is 6.20 Å². The smallest absolute Gasteiger partial charge is 0.337 e. The van der Waals surface area contributed by atoms with Crippen molar-refractivity contribution in [2.24, 2.45) is 5.41 Å². The molecule has 1 aliphatic rings. The quantitative estimate of drug-likeness (QED) is 0.598. The summed E-state index contributed by atoms with van der Waals surface area (Å²) in [5.41, 5.74) is -0.420. The topological polar surface area (TPSA) is 29.5 Å². The molecule has 1 aliphatic heterocycles. The van der Waals surface area contributed by atoms with Crippen molar-refractivity contribution in [2.45, 2.75) is 27.2 Å². The fourth-order valence-corrected chi connectivity index (χ4v) is 0.788. The maximum absolute atomic E-state index is 11.3. The molecule has 0 unspecified atom stereocenters. The summed E-state index contributed by atoms with van der Waals surface area (Å²) >= 11 is 0. The molecule has 0 fully saturated rings. The molecule has 0 aromatic carbocycles. The summed E-state index contributed by atoms with van der Waals surface area (Å²) < 4.78 is 0. The fraction of sp³-hybridized carbons (Fsp3) is 0.667. The van der Waals surface area contributed by atoms with E-state index >= 15 is 0 Å². The lowest BCUT2D eigenvalue weighted by Crippen LogP contribution is -2.29. The van der Waals surface area contributed by atoms with E-state index in [1.165, 1.54) is 0 Å². The van der Waals surface area contributed by atoms with Crippen molar-refractivity contribution in [3.05, 3.63) is 12.3 Å². The molecule has 0 radical (unpaired) electrons.